The number of nitrogens with one attached hydrogen (secondary N) is 1. The molecule has 3 fully saturated rings. The van der Waals surface area contributed by atoms with Gasteiger partial charge in [-0.2, -0.15) is 0 Å². The fourth-order valence-corrected chi connectivity index (χ4v) is 7.45. The molecule has 2 saturated heterocycles. The fourth-order valence-electron chi connectivity index (χ4n) is 7.45. The maximum Gasteiger partial charge on any atom is 0.222 e. The van der Waals surface area contributed by atoms with Crippen LogP contribution in [0, 0.1) is 10.8 Å². The Bertz CT molecular complexity index is 1130. The standard InChI is InChI=1S/C29H38N2O3/c1-27(2)16-21-17-28(3,18-27)19-31(21)26(33)12-14-29(13-11-25(32)30-29)15-20-9-10-24(34-4)23-8-6-5-7-22(20)23/h5-10,21H,11-19H2,1-4H3,(H,30,32)/t21-,28-,29+/m1/s1. The number of rotatable bonds is 6. The van der Waals surface area contributed by atoms with Crippen LogP contribution >= 0.6 is 0 Å². The average Bonchev–Trinajstić information content (AvgIpc) is 3.27. The molecule has 5 nitrogen and oxygen atoms in total. The van der Waals surface area contributed by atoms with Crippen molar-refractivity contribution in [1.82, 2.24) is 10.2 Å². The van der Waals surface area contributed by atoms with E-state index in [2.05, 4.69) is 49.2 Å². The topological polar surface area (TPSA) is 58.6 Å². The van der Waals surface area contributed by atoms with Crippen LogP contribution in [0.2, 0.25) is 0 Å². The third-order valence-corrected chi connectivity index (χ3v) is 8.51. The number of benzene rings is 2. The van der Waals surface area contributed by atoms with E-state index in [4.69, 9.17) is 4.74 Å². The highest BCUT2D eigenvalue weighted by Gasteiger charge is 2.51. The second-order valence-corrected chi connectivity index (χ2v) is 12.2. The highest BCUT2D eigenvalue weighted by atomic mass is 16.5. The molecule has 182 valence electrons. The number of carbonyl (C=O) groups is 2. The van der Waals surface area contributed by atoms with Gasteiger partial charge in [-0.15, -0.1) is 0 Å². The van der Waals surface area contributed by atoms with Crippen molar-refractivity contribution in [3.05, 3.63) is 42.0 Å². The fraction of sp³-hybridized carbons (Fsp3) is 0.586. The van der Waals surface area contributed by atoms with Gasteiger partial charge in [-0.1, -0.05) is 51.1 Å². The summed E-state index contributed by atoms with van der Waals surface area (Å²) in [6.45, 7) is 7.91. The number of amides is 2. The van der Waals surface area contributed by atoms with Gasteiger partial charge in [0, 0.05) is 36.4 Å². The Kier molecular flexibility index (Phi) is 5.65. The molecule has 1 saturated carbocycles. The summed E-state index contributed by atoms with van der Waals surface area (Å²) >= 11 is 0. The van der Waals surface area contributed by atoms with Crippen LogP contribution in [-0.2, 0) is 16.0 Å². The Labute approximate surface area is 203 Å². The van der Waals surface area contributed by atoms with Crippen LogP contribution in [0.1, 0.15) is 71.3 Å². The smallest absolute Gasteiger partial charge is 0.222 e. The van der Waals surface area contributed by atoms with E-state index in [0.29, 0.717) is 30.7 Å². The monoisotopic (exact) mass is 462 g/mol. The quantitative estimate of drug-likeness (QED) is 0.638. The van der Waals surface area contributed by atoms with Gasteiger partial charge >= 0.3 is 0 Å². The molecule has 2 bridgehead atoms. The Morgan fingerprint density at radius 1 is 1.12 bits per heavy atom. The molecule has 5 heteroatoms. The van der Waals surface area contributed by atoms with Crippen molar-refractivity contribution >= 4 is 22.6 Å². The molecule has 0 radical (unpaired) electrons. The van der Waals surface area contributed by atoms with Gasteiger partial charge in [-0.05, 0) is 66.4 Å². The molecule has 0 aromatic heterocycles. The predicted molar refractivity (Wildman–Crippen MR) is 135 cm³/mol. The number of fused-ring (bicyclic) bond motifs is 3. The van der Waals surface area contributed by atoms with Crippen LogP contribution in [0.5, 0.6) is 5.75 Å². The lowest BCUT2D eigenvalue weighted by atomic mass is 9.65. The first-order valence-corrected chi connectivity index (χ1v) is 12.8. The van der Waals surface area contributed by atoms with Crippen LogP contribution < -0.4 is 10.1 Å². The van der Waals surface area contributed by atoms with Crippen molar-refractivity contribution in [2.45, 2.75) is 83.7 Å². The van der Waals surface area contributed by atoms with Crippen LogP contribution in [0.25, 0.3) is 10.8 Å². The first-order valence-electron chi connectivity index (χ1n) is 12.8. The maximum atomic E-state index is 13.5. The number of ether oxygens (including phenoxy) is 1. The Balaban J connectivity index is 1.35. The minimum absolute atomic E-state index is 0.0940. The van der Waals surface area contributed by atoms with Gasteiger partial charge in [0.2, 0.25) is 11.8 Å². The van der Waals surface area contributed by atoms with E-state index < -0.39 is 0 Å². The van der Waals surface area contributed by atoms with Crippen molar-refractivity contribution in [3.8, 4) is 5.75 Å². The number of methoxy groups -OCH3 is 1. The first-order chi connectivity index (χ1) is 16.1. The van der Waals surface area contributed by atoms with E-state index in [9.17, 15) is 9.59 Å². The lowest BCUT2D eigenvalue weighted by Crippen LogP contribution is -2.45. The zero-order valence-electron chi connectivity index (χ0n) is 21.1. The number of likely N-dealkylation sites (tertiary alicyclic amines) is 1. The molecule has 2 aromatic rings. The van der Waals surface area contributed by atoms with E-state index in [0.717, 1.165) is 48.8 Å². The highest BCUT2D eigenvalue weighted by Crippen LogP contribution is 2.52. The van der Waals surface area contributed by atoms with E-state index >= 15 is 0 Å². The summed E-state index contributed by atoms with van der Waals surface area (Å²) in [6, 6.07) is 12.8. The van der Waals surface area contributed by atoms with E-state index in [1.165, 1.54) is 12.0 Å². The number of hydrogen-bond donors (Lipinski definition) is 1. The SMILES string of the molecule is COc1ccc(C[C@@]2(CCC(=O)N3C[C@]4(C)C[C@H]3CC(C)(C)C4)CCC(=O)N2)c2ccccc12. The van der Waals surface area contributed by atoms with Crippen LogP contribution in [0.4, 0.5) is 0 Å². The average molecular weight is 463 g/mol. The van der Waals surface area contributed by atoms with Gasteiger partial charge in [-0.25, -0.2) is 0 Å². The minimum Gasteiger partial charge on any atom is -0.496 e. The van der Waals surface area contributed by atoms with Crippen molar-refractivity contribution in [2.24, 2.45) is 10.8 Å². The number of hydrogen-bond acceptors (Lipinski definition) is 3. The van der Waals surface area contributed by atoms with Gasteiger partial charge in [0.15, 0.2) is 0 Å². The summed E-state index contributed by atoms with van der Waals surface area (Å²) in [6.07, 6.45) is 6.60. The maximum absolute atomic E-state index is 13.5. The molecule has 0 unspecified atom stereocenters. The molecular weight excluding hydrogens is 424 g/mol. The molecule has 2 heterocycles. The zero-order valence-corrected chi connectivity index (χ0v) is 21.1. The zero-order chi connectivity index (χ0) is 24.1. The second kappa shape index (κ2) is 8.28. The summed E-state index contributed by atoms with van der Waals surface area (Å²) < 4.78 is 5.57. The Morgan fingerprint density at radius 2 is 1.88 bits per heavy atom. The van der Waals surface area contributed by atoms with Crippen molar-refractivity contribution in [3.63, 3.8) is 0 Å². The van der Waals surface area contributed by atoms with Crippen LogP contribution in [0.15, 0.2) is 36.4 Å². The number of carbonyl (C=O) groups excluding carboxylic acids is 2. The lowest BCUT2D eigenvalue weighted by Gasteiger charge is -2.39. The van der Waals surface area contributed by atoms with Crippen molar-refractivity contribution in [2.75, 3.05) is 13.7 Å². The molecule has 1 N–H and O–H groups in total. The molecule has 3 atom stereocenters. The Hall–Kier alpha value is -2.56. The molecule has 34 heavy (non-hydrogen) atoms. The summed E-state index contributed by atoms with van der Waals surface area (Å²) in [7, 11) is 1.69. The van der Waals surface area contributed by atoms with Gasteiger partial charge < -0.3 is 15.0 Å². The second-order valence-electron chi connectivity index (χ2n) is 12.2. The summed E-state index contributed by atoms with van der Waals surface area (Å²) in [4.78, 5) is 28.0. The van der Waals surface area contributed by atoms with E-state index in [1.807, 2.05) is 18.2 Å². The normalized spacial score (nSPS) is 29.9. The van der Waals surface area contributed by atoms with E-state index in [1.54, 1.807) is 7.11 Å². The third-order valence-electron chi connectivity index (χ3n) is 8.51. The van der Waals surface area contributed by atoms with Crippen molar-refractivity contribution in [1.29, 1.82) is 0 Å². The third kappa shape index (κ3) is 4.30. The first kappa shape index (κ1) is 23.2. The lowest BCUT2D eigenvalue weighted by molar-refractivity contribution is -0.133. The summed E-state index contributed by atoms with van der Waals surface area (Å²) in [5.74, 6) is 1.21. The molecule has 2 amide bonds. The van der Waals surface area contributed by atoms with Gasteiger partial charge in [0.25, 0.3) is 0 Å². The molecular formula is C29H38N2O3. The molecule has 0 spiro atoms. The van der Waals surface area contributed by atoms with Crippen LogP contribution in [0.3, 0.4) is 0 Å². The van der Waals surface area contributed by atoms with Gasteiger partial charge in [0.1, 0.15) is 5.75 Å². The summed E-state index contributed by atoms with van der Waals surface area (Å²) in [5, 5.41) is 5.51. The van der Waals surface area contributed by atoms with E-state index in [-0.39, 0.29) is 22.8 Å². The van der Waals surface area contributed by atoms with Gasteiger partial charge in [0.05, 0.1) is 7.11 Å². The minimum atomic E-state index is -0.373. The molecule has 1 aliphatic carbocycles. The molecule has 3 aliphatic rings. The molecule has 2 aliphatic heterocycles. The molecule has 5 rings (SSSR count). The van der Waals surface area contributed by atoms with Crippen LogP contribution in [-0.4, -0.2) is 41.9 Å². The predicted octanol–water partition coefficient (Wildman–Crippen LogP) is 5.25. The Morgan fingerprint density at radius 3 is 2.59 bits per heavy atom. The summed E-state index contributed by atoms with van der Waals surface area (Å²) in [5.41, 5.74) is 1.35. The largest absolute Gasteiger partial charge is 0.496 e. The number of nitrogens with zero attached hydrogens (tertiary/aromatic N) is 1. The molecule has 2 aromatic carbocycles. The van der Waals surface area contributed by atoms with Crippen molar-refractivity contribution < 1.29 is 14.3 Å². The highest BCUT2D eigenvalue weighted by molar-refractivity contribution is 5.91. The van der Waals surface area contributed by atoms with Gasteiger partial charge in [-0.3, -0.25) is 9.59 Å².